The summed E-state index contributed by atoms with van der Waals surface area (Å²) < 4.78 is 0.726. The van der Waals surface area contributed by atoms with Crippen LogP contribution in [0, 0.1) is 6.92 Å². The van der Waals surface area contributed by atoms with Gasteiger partial charge in [-0.25, -0.2) is 0 Å². The largest absolute Gasteiger partial charge is 0.330 e. The van der Waals surface area contributed by atoms with Crippen LogP contribution in [0.2, 0.25) is 5.02 Å². The standard InChI is InChI=1S/C17H15ClN4OS2/c1-11-4-2-6-13(8-11)19-15(23)10-24-17-22-21-16(25-17)20-14-7-3-5-12(18)9-14/h2-9H,10H2,1H3,(H,19,23)(H,20,21). The molecule has 0 bridgehead atoms. The summed E-state index contributed by atoms with van der Waals surface area (Å²) >= 11 is 8.70. The highest BCUT2D eigenvalue weighted by Crippen LogP contribution is 2.28. The molecule has 3 aromatic rings. The van der Waals surface area contributed by atoms with E-state index in [-0.39, 0.29) is 11.7 Å². The number of thioether (sulfide) groups is 1. The van der Waals surface area contributed by atoms with Gasteiger partial charge in [0.2, 0.25) is 11.0 Å². The minimum Gasteiger partial charge on any atom is -0.330 e. The first-order valence-electron chi connectivity index (χ1n) is 7.44. The quantitative estimate of drug-likeness (QED) is 0.581. The maximum atomic E-state index is 12.0. The number of aromatic nitrogens is 2. The van der Waals surface area contributed by atoms with Crippen molar-refractivity contribution in [3.63, 3.8) is 0 Å². The Labute approximate surface area is 158 Å². The third kappa shape index (κ3) is 5.45. The lowest BCUT2D eigenvalue weighted by atomic mass is 10.2. The molecule has 0 aliphatic heterocycles. The number of halogens is 1. The fraction of sp³-hybridized carbons (Fsp3) is 0.118. The predicted octanol–water partition coefficient (Wildman–Crippen LogP) is 4.97. The van der Waals surface area contributed by atoms with Crippen molar-refractivity contribution >= 4 is 57.1 Å². The average Bonchev–Trinajstić information content (AvgIpc) is 3.00. The molecule has 128 valence electrons. The van der Waals surface area contributed by atoms with Crippen molar-refractivity contribution < 1.29 is 4.79 Å². The van der Waals surface area contributed by atoms with Crippen LogP contribution in [0.4, 0.5) is 16.5 Å². The van der Waals surface area contributed by atoms with Crippen LogP contribution in [0.5, 0.6) is 0 Å². The number of carbonyl (C=O) groups excluding carboxylic acids is 1. The van der Waals surface area contributed by atoms with Crippen LogP contribution in [0.25, 0.3) is 0 Å². The molecule has 0 saturated carbocycles. The maximum Gasteiger partial charge on any atom is 0.234 e. The molecule has 0 spiro atoms. The van der Waals surface area contributed by atoms with Crippen molar-refractivity contribution in [1.29, 1.82) is 0 Å². The van der Waals surface area contributed by atoms with E-state index in [2.05, 4.69) is 20.8 Å². The van der Waals surface area contributed by atoms with Gasteiger partial charge in [0.05, 0.1) is 5.75 Å². The molecule has 0 aliphatic rings. The van der Waals surface area contributed by atoms with Crippen molar-refractivity contribution in [3.8, 4) is 0 Å². The summed E-state index contributed by atoms with van der Waals surface area (Å²) in [7, 11) is 0. The number of rotatable bonds is 6. The highest BCUT2D eigenvalue weighted by atomic mass is 35.5. The van der Waals surface area contributed by atoms with Crippen LogP contribution in [-0.4, -0.2) is 21.9 Å². The smallest absolute Gasteiger partial charge is 0.234 e. The molecule has 1 heterocycles. The minimum atomic E-state index is -0.0739. The fourth-order valence-electron chi connectivity index (χ4n) is 2.06. The number of nitrogens with one attached hydrogen (secondary N) is 2. The van der Waals surface area contributed by atoms with Crippen molar-refractivity contribution in [2.75, 3.05) is 16.4 Å². The van der Waals surface area contributed by atoms with Crippen molar-refractivity contribution in [2.24, 2.45) is 0 Å². The van der Waals surface area contributed by atoms with E-state index in [0.29, 0.717) is 10.2 Å². The number of aryl methyl sites for hydroxylation is 1. The Morgan fingerprint density at radius 1 is 1.16 bits per heavy atom. The number of anilines is 3. The van der Waals surface area contributed by atoms with E-state index < -0.39 is 0 Å². The maximum absolute atomic E-state index is 12.0. The Hall–Kier alpha value is -2.09. The van der Waals surface area contributed by atoms with Crippen LogP contribution >= 0.6 is 34.7 Å². The Balaban J connectivity index is 1.52. The molecule has 8 heteroatoms. The first kappa shape index (κ1) is 17.7. The molecular formula is C17H15ClN4OS2. The van der Waals surface area contributed by atoms with Crippen molar-refractivity contribution in [3.05, 3.63) is 59.1 Å². The highest BCUT2D eigenvalue weighted by Gasteiger charge is 2.09. The summed E-state index contributed by atoms with van der Waals surface area (Å²) in [5.74, 6) is 0.204. The van der Waals surface area contributed by atoms with Gasteiger partial charge in [-0.1, -0.05) is 52.9 Å². The monoisotopic (exact) mass is 390 g/mol. The Morgan fingerprint density at radius 3 is 2.76 bits per heavy atom. The molecule has 25 heavy (non-hydrogen) atoms. The molecule has 2 aromatic carbocycles. The van der Waals surface area contributed by atoms with Crippen LogP contribution < -0.4 is 10.6 Å². The van der Waals surface area contributed by atoms with E-state index in [9.17, 15) is 4.79 Å². The first-order valence-corrected chi connectivity index (χ1v) is 9.62. The highest BCUT2D eigenvalue weighted by molar-refractivity contribution is 8.01. The predicted molar refractivity (Wildman–Crippen MR) is 105 cm³/mol. The van der Waals surface area contributed by atoms with E-state index in [4.69, 9.17) is 11.6 Å². The number of nitrogens with zero attached hydrogens (tertiary/aromatic N) is 2. The molecule has 0 fully saturated rings. The van der Waals surface area contributed by atoms with Gasteiger partial charge in [0.1, 0.15) is 0 Å². The fourth-order valence-corrected chi connectivity index (χ4v) is 3.82. The summed E-state index contributed by atoms with van der Waals surface area (Å²) in [4.78, 5) is 12.0. The molecule has 0 radical (unpaired) electrons. The van der Waals surface area contributed by atoms with E-state index >= 15 is 0 Å². The third-order valence-corrected chi connectivity index (χ3v) is 5.32. The molecule has 2 N–H and O–H groups in total. The summed E-state index contributed by atoms with van der Waals surface area (Å²) in [5.41, 5.74) is 2.75. The van der Waals surface area contributed by atoms with E-state index in [1.807, 2.05) is 49.4 Å². The molecule has 5 nitrogen and oxygen atoms in total. The molecule has 1 amide bonds. The van der Waals surface area contributed by atoms with Gasteiger partial charge >= 0.3 is 0 Å². The average molecular weight is 391 g/mol. The molecule has 1 aromatic heterocycles. The van der Waals surface area contributed by atoms with Crippen molar-refractivity contribution in [2.45, 2.75) is 11.3 Å². The molecule has 3 rings (SSSR count). The zero-order valence-electron chi connectivity index (χ0n) is 13.3. The van der Waals surface area contributed by atoms with E-state index in [0.717, 1.165) is 21.3 Å². The number of hydrogen-bond acceptors (Lipinski definition) is 6. The normalized spacial score (nSPS) is 10.5. The number of benzene rings is 2. The van der Waals surface area contributed by atoms with Crippen LogP contribution in [0.3, 0.4) is 0 Å². The summed E-state index contributed by atoms with van der Waals surface area (Å²) in [5, 5.41) is 15.5. The third-order valence-electron chi connectivity index (χ3n) is 3.11. The first-order chi connectivity index (χ1) is 12.1. The minimum absolute atomic E-state index is 0.0739. The lowest BCUT2D eigenvalue weighted by Crippen LogP contribution is -2.13. The van der Waals surface area contributed by atoms with Gasteiger partial charge in [-0.15, -0.1) is 10.2 Å². The van der Waals surface area contributed by atoms with Crippen molar-refractivity contribution in [1.82, 2.24) is 10.2 Å². The summed E-state index contributed by atoms with van der Waals surface area (Å²) in [6.07, 6.45) is 0. The van der Waals surface area contributed by atoms with Gasteiger partial charge in [-0.2, -0.15) is 0 Å². The van der Waals surface area contributed by atoms with Crippen LogP contribution in [0.1, 0.15) is 5.56 Å². The Morgan fingerprint density at radius 2 is 1.96 bits per heavy atom. The number of carbonyl (C=O) groups is 1. The second-order valence-corrected chi connectivity index (χ2v) is 7.85. The summed E-state index contributed by atoms with van der Waals surface area (Å²) in [6, 6.07) is 15.1. The van der Waals surface area contributed by atoms with Gasteiger partial charge in [0.15, 0.2) is 4.34 Å². The number of hydrogen-bond donors (Lipinski definition) is 2. The van der Waals surface area contributed by atoms with Gasteiger partial charge in [-0.3, -0.25) is 4.79 Å². The van der Waals surface area contributed by atoms with Gasteiger partial charge < -0.3 is 10.6 Å². The molecule has 0 saturated heterocycles. The zero-order valence-corrected chi connectivity index (χ0v) is 15.7. The SMILES string of the molecule is Cc1cccc(NC(=O)CSc2nnc(Nc3cccc(Cl)c3)s2)c1. The lowest BCUT2D eigenvalue weighted by molar-refractivity contribution is -0.113. The Bertz CT molecular complexity index is 884. The van der Waals surface area contributed by atoms with Gasteiger partial charge in [-0.05, 0) is 42.8 Å². The second-order valence-electron chi connectivity index (χ2n) is 5.21. The topological polar surface area (TPSA) is 66.9 Å². The Kier molecular flexibility index (Phi) is 5.91. The van der Waals surface area contributed by atoms with Crippen LogP contribution in [-0.2, 0) is 4.79 Å². The lowest BCUT2D eigenvalue weighted by Gasteiger charge is -2.04. The van der Waals surface area contributed by atoms with Gasteiger partial charge in [0.25, 0.3) is 0 Å². The molecule has 0 unspecified atom stereocenters. The zero-order chi connectivity index (χ0) is 17.6. The van der Waals surface area contributed by atoms with Crippen LogP contribution in [0.15, 0.2) is 52.9 Å². The molecule has 0 aliphatic carbocycles. The number of amides is 1. The van der Waals surface area contributed by atoms with E-state index in [1.54, 1.807) is 6.07 Å². The second kappa shape index (κ2) is 8.33. The van der Waals surface area contributed by atoms with E-state index in [1.165, 1.54) is 23.1 Å². The molecule has 0 atom stereocenters. The molecular weight excluding hydrogens is 376 g/mol. The summed E-state index contributed by atoms with van der Waals surface area (Å²) in [6.45, 7) is 1.99. The van der Waals surface area contributed by atoms with Gasteiger partial charge in [0, 0.05) is 16.4 Å².